The molecule has 1 aliphatic rings. The fourth-order valence-corrected chi connectivity index (χ4v) is 3.15. The Balaban J connectivity index is 1.85. The first-order valence-electron chi connectivity index (χ1n) is 7.58. The summed E-state index contributed by atoms with van der Waals surface area (Å²) in [7, 11) is 0. The molecule has 1 saturated carbocycles. The quantitative estimate of drug-likeness (QED) is 0.793. The Hall–Kier alpha value is -1.43. The lowest BCUT2D eigenvalue weighted by Gasteiger charge is -2.22. The van der Waals surface area contributed by atoms with Gasteiger partial charge >= 0.3 is 11.9 Å². The van der Waals surface area contributed by atoms with E-state index in [9.17, 15) is 9.59 Å². The molecule has 1 heterocycles. The van der Waals surface area contributed by atoms with Crippen LogP contribution in [0.25, 0.3) is 0 Å². The van der Waals surface area contributed by atoms with E-state index in [1.165, 1.54) is 11.3 Å². The van der Waals surface area contributed by atoms with Gasteiger partial charge in [-0.1, -0.05) is 0 Å². The molecule has 0 bridgehead atoms. The van der Waals surface area contributed by atoms with Crippen LogP contribution in [0.15, 0.2) is 11.7 Å². The molecule has 0 aliphatic heterocycles. The first-order valence-corrected chi connectivity index (χ1v) is 8.46. The molecule has 0 N–H and O–H groups in total. The highest BCUT2D eigenvalue weighted by Crippen LogP contribution is 2.34. The van der Waals surface area contributed by atoms with Crippen LogP contribution in [0.2, 0.25) is 0 Å². The van der Waals surface area contributed by atoms with Gasteiger partial charge in [0.05, 0.1) is 22.2 Å². The summed E-state index contributed by atoms with van der Waals surface area (Å²) in [5, 5.41) is 0. The molecule has 0 saturated heterocycles. The minimum absolute atomic E-state index is 0.199. The molecule has 0 spiro atoms. The van der Waals surface area contributed by atoms with Crippen molar-refractivity contribution < 1.29 is 19.1 Å². The monoisotopic (exact) mass is 325 g/mol. The van der Waals surface area contributed by atoms with Gasteiger partial charge in [0.15, 0.2) is 0 Å². The smallest absolute Gasteiger partial charge is 0.309 e. The lowest BCUT2D eigenvalue weighted by Crippen LogP contribution is -2.28. The van der Waals surface area contributed by atoms with Crippen molar-refractivity contribution in [2.45, 2.75) is 58.7 Å². The maximum Gasteiger partial charge on any atom is 0.309 e. The first-order chi connectivity index (χ1) is 10.3. The number of carbonyl (C=O) groups is 2. The molecule has 0 amide bonds. The van der Waals surface area contributed by atoms with E-state index in [0.717, 1.165) is 4.88 Å². The Bertz CT molecular complexity index is 521. The molecule has 22 heavy (non-hydrogen) atoms. The molecule has 6 heteroatoms. The van der Waals surface area contributed by atoms with E-state index in [0.29, 0.717) is 19.3 Å². The third kappa shape index (κ3) is 4.53. The van der Waals surface area contributed by atoms with Crippen LogP contribution in [-0.2, 0) is 19.1 Å². The van der Waals surface area contributed by atoms with Gasteiger partial charge in [-0.2, -0.15) is 0 Å². The maximum atomic E-state index is 12.2. The third-order valence-corrected chi connectivity index (χ3v) is 4.59. The summed E-state index contributed by atoms with van der Waals surface area (Å²) in [6, 6.07) is 0. The highest BCUT2D eigenvalue weighted by atomic mass is 32.1. The largest absolute Gasteiger partial charge is 0.460 e. The molecule has 1 aromatic heterocycles. The summed E-state index contributed by atoms with van der Waals surface area (Å²) in [4.78, 5) is 29.2. The summed E-state index contributed by atoms with van der Waals surface area (Å²) < 4.78 is 10.9. The average molecular weight is 325 g/mol. The van der Waals surface area contributed by atoms with E-state index in [1.807, 2.05) is 27.7 Å². The summed E-state index contributed by atoms with van der Waals surface area (Å²) in [6.45, 7) is 7.39. The summed E-state index contributed by atoms with van der Waals surface area (Å²) in [5.41, 5.74) is 1.23. The van der Waals surface area contributed by atoms with E-state index >= 15 is 0 Å². The number of rotatable bonds is 4. The fourth-order valence-electron chi connectivity index (χ4n) is 2.55. The van der Waals surface area contributed by atoms with Crippen LogP contribution in [0.4, 0.5) is 0 Å². The van der Waals surface area contributed by atoms with Gasteiger partial charge in [0.2, 0.25) is 0 Å². The Labute approximate surface area is 135 Å². The minimum Gasteiger partial charge on any atom is -0.460 e. The van der Waals surface area contributed by atoms with Crippen molar-refractivity contribution in [3.63, 3.8) is 0 Å². The number of nitrogens with zero attached hydrogens (tertiary/aromatic N) is 1. The summed E-state index contributed by atoms with van der Waals surface area (Å²) >= 11 is 1.46. The zero-order valence-electron chi connectivity index (χ0n) is 13.5. The van der Waals surface area contributed by atoms with Gasteiger partial charge in [-0.05, 0) is 47.0 Å². The second-order valence-electron chi connectivity index (χ2n) is 6.72. The number of hydrogen-bond donors (Lipinski definition) is 0. The number of carbonyl (C=O) groups excluding carboxylic acids is 2. The van der Waals surface area contributed by atoms with Crippen LogP contribution in [-0.4, -0.2) is 22.5 Å². The average Bonchev–Trinajstić information content (AvgIpc) is 3.08. The Morgan fingerprint density at radius 1 is 1.27 bits per heavy atom. The lowest BCUT2D eigenvalue weighted by molar-refractivity contribution is -0.160. The van der Waals surface area contributed by atoms with Gasteiger partial charge in [-0.25, -0.2) is 0 Å². The van der Waals surface area contributed by atoms with E-state index in [4.69, 9.17) is 9.47 Å². The molecular weight excluding hydrogens is 302 g/mol. The van der Waals surface area contributed by atoms with Gasteiger partial charge in [-0.15, -0.1) is 11.3 Å². The van der Waals surface area contributed by atoms with Crippen molar-refractivity contribution in [3.05, 3.63) is 16.6 Å². The van der Waals surface area contributed by atoms with Crippen LogP contribution in [0.3, 0.4) is 0 Å². The van der Waals surface area contributed by atoms with Crippen LogP contribution in [0.5, 0.6) is 0 Å². The van der Waals surface area contributed by atoms with E-state index in [-0.39, 0.29) is 29.9 Å². The third-order valence-electron chi connectivity index (χ3n) is 3.65. The highest BCUT2D eigenvalue weighted by Gasteiger charge is 2.37. The molecule has 1 aliphatic carbocycles. The van der Waals surface area contributed by atoms with Crippen LogP contribution < -0.4 is 0 Å². The zero-order valence-corrected chi connectivity index (χ0v) is 14.3. The second kappa shape index (κ2) is 6.77. The van der Waals surface area contributed by atoms with Crippen molar-refractivity contribution in [1.82, 2.24) is 4.98 Å². The zero-order chi connectivity index (χ0) is 16.3. The van der Waals surface area contributed by atoms with E-state index in [2.05, 4.69) is 4.98 Å². The van der Waals surface area contributed by atoms with Gasteiger partial charge in [0.25, 0.3) is 0 Å². The Morgan fingerprint density at radius 3 is 2.45 bits per heavy atom. The number of esters is 2. The molecule has 1 aromatic rings. The predicted octanol–water partition coefficient (Wildman–Crippen LogP) is 3.51. The lowest BCUT2D eigenvalue weighted by atomic mass is 10.0. The molecule has 0 radical (unpaired) electrons. The Kier molecular flexibility index (Phi) is 5.21. The molecule has 3 atom stereocenters. The molecule has 0 aromatic carbocycles. The highest BCUT2D eigenvalue weighted by molar-refractivity contribution is 7.09. The SMILES string of the molecule is C[C@@H](OC(=O)[C@@H]1CC[C@H](C(=O)OC(C)(C)C)C1)c1cncs1. The minimum atomic E-state index is -0.490. The number of hydrogen-bond acceptors (Lipinski definition) is 6. The number of thiazole rings is 1. The molecular formula is C16H23NO4S. The van der Waals surface area contributed by atoms with Crippen molar-refractivity contribution in [3.8, 4) is 0 Å². The first kappa shape index (κ1) is 16.9. The Morgan fingerprint density at radius 2 is 1.91 bits per heavy atom. The van der Waals surface area contributed by atoms with Gasteiger partial charge < -0.3 is 9.47 Å². The topological polar surface area (TPSA) is 65.5 Å². The fraction of sp³-hybridized carbons (Fsp3) is 0.688. The van der Waals surface area contributed by atoms with Gasteiger partial charge in [0.1, 0.15) is 11.7 Å². The van der Waals surface area contributed by atoms with Gasteiger partial charge in [0, 0.05) is 6.20 Å². The molecule has 122 valence electrons. The standard InChI is InChI=1S/C16H23NO4S/c1-10(13-8-17-9-22-13)20-14(18)11-5-6-12(7-11)15(19)21-16(2,3)4/h8-12H,5-7H2,1-4H3/t10-,11-,12+/m1/s1. The second-order valence-corrected chi connectivity index (χ2v) is 7.64. The molecule has 2 rings (SSSR count). The number of aromatic nitrogens is 1. The van der Waals surface area contributed by atoms with Crippen LogP contribution in [0.1, 0.15) is 57.9 Å². The van der Waals surface area contributed by atoms with E-state index < -0.39 is 5.60 Å². The predicted molar refractivity (Wildman–Crippen MR) is 83.3 cm³/mol. The van der Waals surface area contributed by atoms with Gasteiger partial charge in [-0.3, -0.25) is 14.6 Å². The van der Waals surface area contributed by atoms with Crippen molar-refractivity contribution in [2.75, 3.05) is 0 Å². The van der Waals surface area contributed by atoms with Crippen molar-refractivity contribution in [1.29, 1.82) is 0 Å². The molecule has 0 unspecified atom stereocenters. The maximum absolute atomic E-state index is 12.2. The van der Waals surface area contributed by atoms with Crippen molar-refractivity contribution in [2.24, 2.45) is 11.8 Å². The normalized spacial score (nSPS) is 23.1. The number of ether oxygens (including phenoxy) is 2. The molecule has 1 fully saturated rings. The molecule has 5 nitrogen and oxygen atoms in total. The van der Waals surface area contributed by atoms with Crippen molar-refractivity contribution >= 4 is 23.3 Å². The van der Waals surface area contributed by atoms with Crippen LogP contribution >= 0.6 is 11.3 Å². The summed E-state index contributed by atoms with van der Waals surface area (Å²) in [6.07, 6.45) is 3.30. The van der Waals surface area contributed by atoms with E-state index in [1.54, 1.807) is 11.7 Å². The van der Waals surface area contributed by atoms with Crippen LogP contribution in [0, 0.1) is 11.8 Å². The summed E-state index contributed by atoms with van der Waals surface area (Å²) in [5.74, 6) is -0.853.